The summed E-state index contributed by atoms with van der Waals surface area (Å²) in [7, 11) is 4.28. The molecular weight excluding hydrogens is 126 g/mol. The molecule has 60 valence electrons. The summed E-state index contributed by atoms with van der Waals surface area (Å²) < 4.78 is 5.43. The molecule has 0 radical (unpaired) electrons. The Kier molecular flexibility index (Phi) is 2.69. The first-order valence-electron chi connectivity index (χ1n) is 3.98. The van der Waals surface area contributed by atoms with Crippen LogP contribution in [0.1, 0.15) is 19.8 Å². The molecule has 0 amide bonds. The van der Waals surface area contributed by atoms with Crippen LogP contribution in [-0.2, 0) is 4.74 Å². The highest BCUT2D eigenvalue weighted by Gasteiger charge is 2.20. The predicted molar refractivity (Wildman–Crippen MR) is 42.1 cm³/mol. The van der Waals surface area contributed by atoms with Gasteiger partial charge in [0.2, 0.25) is 0 Å². The van der Waals surface area contributed by atoms with E-state index in [1.807, 2.05) is 0 Å². The Morgan fingerprint density at radius 1 is 1.40 bits per heavy atom. The van der Waals surface area contributed by atoms with E-state index >= 15 is 0 Å². The van der Waals surface area contributed by atoms with Crippen LogP contribution < -0.4 is 0 Å². The first kappa shape index (κ1) is 8.02. The third kappa shape index (κ3) is 1.96. The molecular formula is C8H17NO. The van der Waals surface area contributed by atoms with Crippen LogP contribution in [0.3, 0.4) is 0 Å². The predicted octanol–water partition coefficient (Wildman–Crippen LogP) is 1.12. The van der Waals surface area contributed by atoms with Crippen molar-refractivity contribution in [1.82, 2.24) is 4.90 Å². The second-order valence-corrected chi connectivity index (χ2v) is 3.32. The molecule has 0 aliphatic carbocycles. The van der Waals surface area contributed by atoms with Gasteiger partial charge in [0.15, 0.2) is 0 Å². The average Bonchev–Trinajstić information content (AvgIpc) is 1.88. The lowest BCUT2D eigenvalue weighted by Gasteiger charge is -2.31. The third-order valence-corrected chi connectivity index (χ3v) is 2.19. The van der Waals surface area contributed by atoms with Crippen LogP contribution in [0.5, 0.6) is 0 Å². The third-order valence-electron chi connectivity index (χ3n) is 2.19. The van der Waals surface area contributed by atoms with E-state index in [4.69, 9.17) is 4.74 Å². The summed E-state index contributed by atoms with van der Waals surface area (Å²) in [5, 5.41) is 0. The Labute approximate surface area is 63.2 Å². The molecule has 1 saturated heterocycles. The van der Waals surface area contributed by atoms with Gasteiger partial charge in [-0.05, 0) is 33.9 Å². The maximum absolute atomic E-state index is 5.43. The highest BCUT2D eigenvalue weighted by molar-refractivity contribution is 4.73. The maximum Gasteiger partial charge on any atom is 0.0561 e. The van der Waals surface area contributed by atoms with Crippen LogP contribution >= 0.6 is 0 Å². The highest BCUT2D eigenvalue weighted by Crippen LogP contribution is 2.16. The molecule has 0 unspecified atom stereocenters. The Morgan fingerprint density at radius 3 is 2.50 bits per heavy atom. The lowest BCUT2D eigenvalue weighted by molar-refractivity contribution is -0.00673. The van der Waals surface area contributed by atoms with E-state index in [1.54, 1.807) is 0 Å². The zero-order chi connectivity index (χ0) is 7.56. The number of hydrogen-bond donors (Lipinski definition) is 0. The molecule has 0 aromatic rings. The monoisotopic (exact) mass is 143 g/mol. The van der Waals surface area contributed by atoms with E-state index < -0.39 is 0 Å². The molecule has 1 aliphatic heterocycles. The molecule has 2 nitrogen and oxygen atoms in total. The molecule has 0 bridgehead atoms. The van der Waals surface area contributed by atoms with Gasteiger partial charge in [0.25, 0.3) is 0 Å². The van der Waals surface area contributed by atoms with E-state index in [0.717, 1.165) is 12.6 Å². The second kappa shape index (κ2) is 3.35. The van der Waals surface area contributed by atoms with Gasteiger partial charge in [0, 0.05) is 12.6 Å². The summed E-state index contributed by atoms with van der Waals surface area (Å²) in [6.07, 6.45) is 2.84. The van der Waals surface area contributed by atoms with E-state index in [0.29, 0.717) is 6.10 Å². The van der Waals surface area contributed by atoms with Crippen molar-refractivity contribution in [2.45, 2.75) is 31.9 Å². The lowest BCUT2D eigenvalue weighted by atomic mass is 10.0. The molecule has 0 aromatic heterocycles. The Morgan fingerprint density at radius 2 is 2.10 bits per heavy atom. The topological polar surface area (TPSA) is 12.5 Å². The van der Waals surface area contributed by atoms with Crippen LogP contribution in [0.25, 0.3) is 0 Å². The van der Waals surface area contributed by atoms with E-state index in [-0.39, 0.29) is 0 Å². The van der Waals surface area contributed by atoms with Crippen LogP contribution in [0.4, 0.5) is 0 Å². The van der Waals surface area contributed by atoms with E-state index in [2.05, 4.69) is 25.9 Å². The molecule has 10 heavy (non-hydrogen) atoms. The van der Waals surface area contributed by atoms with E-state index in [1.165, 1.54) is 12.8 Å². The average molecular weight is 143 g/mol. The van der Waals surface area contributed by atoms with Gasteiger partial charge in [0.1, 0.15) is 0 Å². The molecule has 1 aliphatic rings. The van der Waals surface area contributed by atoms with Crippen LogP contribution in [0.2, 0.25) is 0 Å². The fourth-order valence-electron chi connectivity index (χ4n) is 1.44. The van der Waals surface area contributed by atoms with Crippen LogP contribution in [0.15, 0.2) is 0 Å². The van der Waals surface area contributed by atoms with Gasteiger partial charge < -0.3 is 9.64 Å². The fourth-order valence-corrected chi connectivity index (χ4v) is 1.44. The summed E-state index contributed by atoms with van der Waals surface area (Å²) in [6, 6.07) is 0.740. The standard InChI is InChI=1S/C8H17NO/c1-7-6-8(9(2)3)4-5-10-7/h7-8H,4-6H2,1-3H3/t7-,8-/m1/s1. The lowest BCUT2D eigenvalue weighted by Crippen LogP contribution is -2.37. The number of hydrogen-bond acceptors (Lipinski definition) is 2. The molecule has 2 atom stereocenters. The Hall–Kier alpha value is -0.0800. The zero-order valence-corrected chi connectivity index (χ0v) is 7.13. The normalized spacial score (nSPS) is 34.8. The van der Waals surface area contributed by atoms with Crippen LogP contribution in [-0.4, -0.2) is 37.7 Å². The summed E-state index contributed by atoms with van der Waals surface area (Å²) in [5.41, 5.74) is 0. The Bertz CT molecular complexity index is 103. The van der Waals surface area contributed by atoms with Crippen molar-refractivity contribution in [2.75, 3.05) is 20.7 Å². The van der Waals surface area contributed by atoms with Crippen molar-refractivity contribution in [2.24, 2.45) is 0 Å². The zero-order valence-electron chi connectivity index (χ0n) is 7.13. The van der Waals surface area contributed by atoms with Crippen molar-refractivity contribution in [3.63, 3.8) is 0 Å². The molecule has 0 spiro atoms. The van der Waals surface area contributed by atoms with Gasteiger partial charge in [0.05, 0.1) is 6.10 Å². The van der Waals surface area contributed by atoms with Crippen LogP contribution in [0, 0.1) is 0 Å². The SMILES string of the molecule is C[C@@H]1C[C@H](N(C)C)CCO1. The van der Waals surface area contributed by atoms with Crippen molar-refractivity contribution in [3.8, 4) is 0 Å². The van der Waals surface area contributed by atoms with Gasteiger partial charge >= 0.3 is 0 Å². The van der Waals surface area contributed by atoms with E-state index in [9.17, 15) is 0 Å². The van der Waals surface area contributed by atoms with Gasteiger partial charge in [-0.15, -0.1) is 0 Å². The minimum atomic E-state index is 0.459. The molecule has 1 rings (SSSR count). The van der Waals surface area contributed by atoms with Crippen molar-refractivity contribution in [3.05, 3.63) is 0 Å². The number of nitrogens with zero attached hydrogens (tertiary/aromatic N) is 1. The first-order chi connectivity index (χ1) is 4.70. The minimum absolute atomic E-state index is 0.459. The second-order valence-electron chi connectivity index (χ2n) is 3.32. The number of ether oxygens (including phenoxy) is 1. The molecule has 1 heterocycles. The van der Waals surface area contributed by atoms with Gasteiger partial charge in [-0.1, -0.05) is 0 Å². The molecule has 1 fully saturated rings. The van der Waals surface area contributed by atoms with Gasteiger partial charge in [-0.2, -0.15) is 0 Å². The molecule has 0 N–H and O–H groups in total. The molecule has 0 aromatic carbocycles. The first-order valence-corrected chi connectivity index (χ1v) is 3.98. The van der Waals surface area contributed by atoms with Gasteiger partial charge in [-0.3, -0.25) is 0 Å². The van der Waals surface area contributed by atoms with Gasteiger partial charge in [-0.25, -0.2) is 0 Å². The highest BCUT2D eigenvalue weighted by atomic mass is 16.5. The summed E-state index contributed by atoms with van der Waals surface area (Å²) in [5.74, 6) is 0. The quantitative estimate of drug-likeness (QED) is 0.545. The van der Waals surface area contributed by atoms with Crippen molar-refractivity contribution in [1.29, 1.82) is 0 Å². The largest absolute Gasteiger partial charge is 0.378 e. The molecule has 0 saturated carbocycles. The smallest absolute Gasteiger partial charge is 0.0561 e. The van der Waals surface area contributed by atoms with Crippen molar-refractivity contribution < 1.29 is 4.74 Å². The summed E-state index contributed by atoms with van der Waals surface area (Å²) >= 11 is 0. The van der Waals surface area contributed by atoms with Crippen molar-refractivity contribution >= 4 is 0 Å². The Balaban J connectivity index is 2.32. The minimum Gasteiger partial charge on any atom is -0.378 e. The maximum atomic E-state index is 5.43. The fraction of sp³-hybridized carbons (Fsp3) is 1.00. The molecule has 2 heteroatoms. The summed E-state index contributed by atoms with van der Waals surface area (Å²) in [6.45, 7) is 3.08. The number of rotatable bonds is 1. The summed E-state index contributed by atoms with van der Waals surface area (Å²) in [4.78, 5) is 2.29.